The Hall–Kier alpha value is -3.55. The maximum atomic E-state index is 13.2. The van der Waals surface area contributed by atoms with Crippen molar-refractivity contribution < 1.29 is 9.18 Å². The van der Waals surface area contributed by atoms with Crippen LogP contribution in [-0.2, 0) is 0 Å². The van der Waals surface area contributed by atoms with E-state index in [1.54, 1.807) is 35.4 Å². The minimum atomic E-state index is -0.320. The van der Waals surface area contributed by atoms with Crippen molar-refractivity contribution >= 4 is 16.8 Å². The number of rotatable bonds is 6. The van der Waals surface area contributed by atoms with Crippen molar-refractivity contribution in [2.45, 2.75) is 25.8 Å². The highest BCUT2D eigenvalue weighted by atomic mass is 19.1. The van der Waals surface area contributed by atoms with Gasteiger partial charge in [0.15, 0.2) is 0 Å². The largest absolute Gasteiger partial charge is 0.344 e. The molecule has 0 spiro atoms. The third kappa shape index (κ3) is 3.36. The van der Waals surface area contributed by atoms with Crippen LogP contribution < -0.4 is 5.32 Å². The van der Waals surface area contributed by atoms with E-state index >= 15 is 0 Å². The maximum absolute atomic E-state index is 13.2. The van der Waals surface area contributed by atoms with Crippen molar-refractivity contribution in [2.75, 3.05) is 0 Å². The summed E-state index contributed by atoms with van der Waals surface area (Å²) in [6.07, 6.45) is 8.16. The van der Waals surface area contributed by atoms with Crippen LogP contribution in [0, 0.1) is 5.82 Å². The zero-order valence-electron chi connectivity index (χ0n) is 15.3. The third-order valence-corrected chi connectivity index (χ3v) is 4.59. The van der Waals surface area contributed by atoms with Crippen LogP contribution in [0.5, 0.6) is 0 Å². The molecule has 0 aliphatic heterocycles. The van der Waals surface area contributed by atoms with Crippen molar-refractivity contribution in [1.82, 2.24) is 30.3 Å². The molecule has 4 rings (SSSR count). The molecular formula is C20H19FN6O. The quantitative estimate of drug-likeness (QED) is 0.537. The summed E-state index contributed by atoms with van der Waals surface area (Å²) in [6, 6.07) is 7.68. The standard InChI is InChI=1S/C20H19FN6O/c1-2-3-17(18-8-9-23-26-18)25-20(28)16-10-22-12-19-15(16)11-24-27(19)14-6-4-13(21)5-7-14/h4-12,17H,2-3H2,1H3,(H,23,26)(H,25,28)/t17-/m0/s1. The zero-order valence-corrected chi connectivity index (χ0v) is 15.3. The van der Waals surface area contributed by atoms with E-state index < -0.39 is 0 Å². The molecule has 3 aromatic heterocycles. The molecule has 2 N–H and O–H groups in total. The lowest BCUT2D eigenvalue weighted by Gasteiger charge is -2.16. The van der Waals surface area contributed by atoms with E-state index in [9.17, 15) is 9.18 Å². The summed E-state index contributed by atoms with van der Waals surface area (Å²) in [7, 11) is 0. The first kappa shape index (κ1) is 17.8. The Labute approximate surface area is 160 Å². The first-order valence-corrected chi connectivity index (χ1v) is 9.05. The van der Waals surface area contributed by atoms with Gasteiger partial charge in [-0.05, 0) is 36.8 Å². The van der Waals surface area contributed by atoms with Gasteiger partial charge < -0.3 is 5.32 Å². The van der Waals surface area contributed by atoms with Gasteiger partial charge in [-0.1, -0.05) is 13.3 Å². The van der Waals surface area contributed by atoms with Gasteiger partial charge >= 0.3 is 0 Å². The average Bonchev–Trinajstić information content (AvgIpc) is 3.38. The lowest BCUT2D eigenvalue weighted by Crippen LogP contribution is -2.29. The Morgan fingerprint density at radius 1 is 1.21 bits per heavy atom. The average molecular weight is 378 g/mol. The van der Waals surface area contributed by atoms with Crippen molar-refractivity contribution in [3.63, 3.8) is 0 Å². The van der Waals surface area contributed by atoms with Gasteiger partial charge in [-0.15, -0.1) is 0 Å². The Bertz CT molecular complexity index is 1090. The van der Waals surface area contributed by atoms with Gasteiger partial charge in [0.1, 0.15) is 5.82 Å². The highest BCUT2D eigenvalue weighted by Crippen LogP contribution is 2.23. The van der Waals surface area contributed by atoms with Crippen molar-refractivity contribution in [3.05, 3.63) is 72.2 Å². The molecule has 0 radical (unpaired) electrons. The molecule has 4 aromatic rings. The summed E-state index contributed by atoms with van der Waals surface area (Å²) >= 11 is 0. The van der Waals surface area contributed by atoms with E-state index in [1.165, 1.54) is 18.3 Å². The molecule has 0 bridgehead atoms. The van der Waals surface area contributed by atoms with Gasteiger partial charge in [-0.25, -0.2) is 9.07 Å². The molecule has 142 valence electrons. The number of hydrogen-bond acceptors (Lipinski definition) is 4. The monoisotopic (exact) mass is 378 g/mol. The number of amides is 1. The minimum Gasteiger partial charge on any atom is -0.344 e. The summed E-state index contributed by atoms with van der Waals surface area (Å²) in [4.78, 5) is 17.2. The molecule has 1 atom stereocenters. The van der Waals surface area contributed by atoms with E-state index in [0.29, 0.717) is 22.2 Å². The van der Waals surface area contributed by atoms with Gasteiger partial charge in [0.25, 0.3) is 5.91 Å². The molecule has 0 aliphatic carbocycles. The number of aromatic nitrogens is 5. The second-order valence-corrected chi connectivity index (χ2v) is 6.48. The van der Waals surface area contributed by atoms with Crippen LogP contribution in [0.4, 0.5) is 4.39 Å². The summed E-state index contributed by atoms with van der Waals surface area (Å²) < 4.78 is 14.8. The van der Waals surface area contributed by atoms with Crippen LogP contribution in [0.3, 0.4) is 0 Å². The fourth-order valence-electron chi connectivity index (χ4n) is 3.20. The predicted molar refractivity (Wildman–Crippen MR) is 103 cm³/mol. The number of nitrogens with zero attached hydrogens (tertiary/aromatic N) is 4. The fourth-order valence-corrected chi connectivity index (χ4v) is 3.20. The minimum absolute atomic E-state index is 0.164. The van der Waals surface area contributed by atoms with Crippen LogP contribution in [0.2, 0.25) is 0 Å². The number of carbonyl (C=O) groups excluding carboxylic acids is 1. The number of pyridine rings is 1. The van der Waals surface area contributed by atoms with Crippen LogP contribution in [-0.4, -0.2) is 30.9 Å². The summed E-state index contributed by atoms with van der Waals surface area (Å²) in [6.45, 7) is 2.06. The Morgan fingerprint density at radius 2 is 2.04 bits per heavy atom. The number of halogens is 1. The highest BCUT2D eigenvalue weighted by molar-refractivity contribution is 6.06. The first-order valence-electron chi connectivity index (χ1n) is 9.05. The number of hydrogen-bond donors (Lipinski definition) is 2. The van der Waals surface area contributed by atoms with Gasteiger partial charge in [-0.3, -0.25) is 14.9 Å². The second kappa shape index (κ2) is 7.59. The third-order valence-electron chi connectivity index (χ3n) is 4.59. The zero-order chi connectivity index (χ0) is 19.5. The Balaban J connectivity index is 1.67. The highest BCUT2D eigenvalue weighted by Gasteiger charge is 2.19. The number of aromatic amines is 1. The van der Waals surface area contributed by atoms with E-state index in [4.69, 9.17) is 0 Å². The SMILES string of the molecule is CCC[C@H](NC(=O)c1cncc2c1cnn2-c1ccc(F)cc1)c1ccn[nH]1. The summed E-state index contributed by atoms with van der Waals surface area (Å²) in [5.41, 5.74) is 2.66. The molecule has 0 saturated heterocycles. The van der Waals surface area contributed by atoms with Crippen LogP contribution >= 0.6 is 0 Å². The molecule has 0 saturated carbocycles. The van der Waals surface area contributed by atoms with E-state index in [2.05, 4.69) is 32.5 Å². The topological polar surface area (TPSA) is 88.5 Å². The Kier molecular flexibility index (Phi) is 4.84. The molecule has 3 heterocycles. The number of benzene rings is 1. The van der Waals surface area contributed by atoms with E-state index in [0.717, 1.165) is 18.5 Å². The predicted octanol–water partition coefficient (Wildman–Crippen LogP) is 3.55. The van der Waals surface area contributed by atoms with Crippen LogP contribution in [0.25, 0.3) is 16.6 Å². The molecule has 28 heavy (non-hydrogen) atoms. The van der Waals surface area contributed by atoms with Gasteiger partial charge in [0.2, 0.25) is 0 Å². The molecule has 0 fully saturated rings. The molecule has 1 amide bonds. The van der Waals surface area contributed by atoms with Crippen LogP contribution in [0.1, 0.15) is 41.9 Å². The number of carbonyl (C=O) groups is 1. The van der Waals surface area contributed by atoms with Crippen LogP contribution in [0.15, 0.2) is 55.1 Å². The second-order valence-electron chi connectivity index (χ2n) is 6.48. The summed E-state index contributed by atoms with van der Waals surface area (Å²) in [5.74, 6) is -0.552. The first-order chi connectivity index (χ1) is 13.7. The van der Waals surface area contributed by atoms with Gasteiger partial charge in [0, 0.05) is 17.8 Å². The molecule has 1 aromatic carbocycles. The smallest absolute Gasteiger partial charge is 0.254 e. The number of fused-ring (bicyclic) bond motifs is 1. The Morgan fingerprint density at radius 3 is 2.75 bits per heavy atom. The lowest BCUT2D eigenvalue weighted by atomic mass is 10.1. The van der Waals surface area contributed by atoms with Crippen molar-refractivity contribution in [1.29, 1.82) is 0 Å². The number of nitrogens with one attached hydrogen (secondary N) is 2. The summed E-state index contributed by atoms with van der Waals surface area (Å²) in [5, 5.41) is 15.0. The van der Waals surface area contributed by atoms with Crippen molar-refractivity contribution in [2.24, 2.45) is 0 Å². The maximum Gasteiger partial charge on any atom is 0.254 e. The molecular weight excluding hydrogens is 359 g/mol. The fraction of sp³-hybridized carbons (Fsp3) is 0.200. The van der Waals surface area contributed by atoms with Gasteiger partial charge in [-0.2, -0.15) is 10.2 Å². The molecule has 0 aliphatic rings. The van der Waals surface area contributed by atoms with Gasteiger partial charge in [0.05, 0.1) is 40.9 Å². The lowest BCUT2D eigenvalue weighted by molar-refractivity contribution is 0.0935. The molecule has 0 unspecified atom stereocenters. The normalized spacial score (nSPS) is 12.2. The van der Waals surface area contributed by atoms with Crippen molar-refractivity contribution in [3.8, 4) is 5.69 Å². The number of H-pyrrole nitrogens is 1. The molecule has 7 nitrogen and oxygen atoms in total. The molecule has 8 heteroatoms. The van der Waals surface area contributed by atoms with E-state index in [-0.39, 0.29) is 17.8 Å². The van der Waals surface area contributed by atoms with E-state index in [1.807, 2.05) is 6.07 Å².